The van der Waals surface area contributed by atoms with Gasteiger partial charge in [0.05, 0.1) is 14.0 Å². The molecule has 0 fully saturated rings. The summed E-state index contributed by atoms with van der Waals surface area (Å²) >= 11 is 19.6. The third kappa shape index (κ3) is 2.48. The predicted octanol–water partition coefficient (Wildman–Crippen LogP) is 5.38. The SMILES string of the molecule is Clc1cc(C(Cl)c2ccccc2)c(Cl)s1. The first kappa shape index (κ1) is 11.3. The van der Waals surface area contributed by atoms with E-state index in [1.54, 1.807) is 0 Å². The minimum absolute atomic E-state index is 0.234. The largest absolute Gasteiger partial charge is 0.113 e. The molecule has 1 atom stereocenters. The minimum Gasteiger partial charge on any atom is -0.113 e. The summed E-state index contributed by atoms with van der Waals surface area (Å²) in [5.74, 6) is 0. The molecule has 0 spiro atoms. The smallest absolute Gasteiger partial charge is 0.0994 e. The molecular formula is C11H7Cl3S. The number of hydrogen-bond donors (Lipinski definition) is 0. The van der Waals surface area contributed by atoms with E-state index in [1.807, 2.05) is 36.4 Å². The van der Waals surface area contributed by atoms with Gasteiger partial charge in [0.25, 0.3) is 0 Å². The zero-order valence-electron chi connectivity index (χ0n) is 7.58. The minimum atomic E-state index is -0.234. The van der Waals surface area contributed by atoms with Crippen LogP contribution in [0.2, 0.25) is 8.67 Å². The maximum atomic E-state index is 6.31. The second-order valence-electron chi connectivity index (χ2n) is 3.05. The first-order valence-electron chi connectivity index (χ1n) is 4.32. The van der Waals surface area contributed by atoms with Crippen molar-refractivity contribution in [3.05, 3.63) is 56.2 Å². The van der Waals surface area contributed by atoms with Crippen molar-refractivity contribution < 1.29 is 0 Å². The van der Waals surface area contributed by atoms with Crippen LogP contribution in [-0.4, -0.2) is 0 Å². The van der Waals surface area contributed by atoms with Gasteiger partial charge >= 0.3 is 0 Å². The molecular weight excluding hydrogens is 271 g/mol. The van der Waals surface area contributed by atoms with Crippen LogP contribution < -0.4 is 0 Å². The third-order valence-corrected chi connectivity index (χ3v) is 4.05. The van der Waals surface area contributed by atoms with Crippen molar-refractivity contribution in [2.45, 2.75) is 5.38 Å². The average Bonchev–Trinajstić information content (AvgIpc) is 2.58. The lowest BCUT2D eigenvalue weighted by Crippen LogP contribution is -1.90. The Kier molecular flexibility index (Phi) is 3.57. The molecule has 2 aromatic rings. The molecule has 2 rings (SSSR count). The Balaban J connectivity index is 2.36. The fourth-order valence-electron chi connectivity index (χ4n) is 1.33. The summed E-state index contributed by atoms with van der Waals surface area (Å²) in [6.45, 7) is 0. The van der Waals surface area contributed by atoms with E-state index in [2.05, 4.69) is 0 Å². The van der Waals surface area contributed by atoms with Crippen molar-refractivity contribution in [1.82, 2.24) is 0 Å². The van der Waals surface area contributed by atoms with Crippen molar-refractivity contribution in [1.29, 1.82) is 0 Å². The summed E-state index contributed by atoms with van der Waals surface area (Å²) in [5, 5.41) is -0.234. The molecule has 4 heteroatoms. The molecule has 0 nitrogen and oxygen atoms in total. The molecule has 15 heavy (non-hydrogen) atoms. The maximum Gasteiger partial charge on any atom is 0.0994 e. The lowest BCUT2D eigenvalue weighted by atomic mass is 10.1. The van der Waals surface area contributed by atoms with E-state index in [0.29, 0.717) is 8.67 Å². The number of rotatable bonds is 2. The number of thiophene rings is 1. The van der Waals surface area contributed by atoms with Crippen molar-refractivity contribution in [2.24, 2.45) is 0 Å². The fourth-order valence-corrected chi connectivity index (χ4v) is 3.30. The van der Waals surface area contributed by atoms with Crippen LogP contribution >= 0.6 is 46.1 Å². The standard InChI is InChI=1S/C11H7Cl3S/c12-9-6-8(11(14)15-9)10(13)7-4-2-1-3-5-7/h1-6,10H. The molecule has 78 valence electrons. The van der Waals surface area contributed by atoms with E-state index in [9.17, 15) is 0 Å². The van der Waals surface area contributed by atoms with Gasteiger partial charge in [0.15, 0.2) is 0 Å². The van der Waals surface area contributed by atoms with Crippen LogP contribution in [0, 0.1) is 0 Å². The highest BCUT2D eigenvalue weighted by Gasteiger charge is 2.16. The number of hydrogen-bond acceptors (Lipinski definition) is 1. The van der Waals surface area contributed by atoms with Gasteiger partial charge in [-0.1, -0.05) is 53.5 Å². The van der Waals surface area contributed by atoms with E-state index in [1.165, 1.54) is 11.3 Å². The maximum absolute atomic E-state index is 6.31. The van der Waals surface area contributed by atoms with Gasteiger partial charge in [-0.25, -0.2) is 0 Å². The quantitative estimate of drug-likeness (QED) is 0.646. The van der Waals surface area contributed by atoms with Crippen LogP contribution in [0.15, 0.2) is 36.4 Å². The van der Waals surface area contributed by atoms with E-state index in [0.717, 1.165) is 11.1 Å². The molecule has 1 aromatic carbocycles. The molecule has 0 saturated carbocycles. The summed E-state index contributed by atoms with van der Waals surface area (Å²) in [6, 6.07) is 11.6. The summed E-state index contributed by atoms with van der Waals surface area (Å²) in [5.41, 5.74) is 1.90. The summed E-state index contributed by atoms with van der Waals surface area (Å²) in [6.07, 6.45) is 0. The Morgan fingerprint density at radius 1 is 1.07 bits per heavy atom. The van der Waals surface area contributed by atoms with Crippen molar-refractivity contribution in [2.75, 3.05) is 0 Å². The number of benzene rings is 1. The van der Waals surface area contributed by atoms with Crippen LogP contribution in [-0.2, 0) is 0 Å². The third-order valence-electron chi connectivity index (χ3n) is 2.05. The first-order chi connectivity index (χ1) is 7.18. The molecule has 0 saturated heterocycles. The number of alkyl halides is 1. The Morgan fingerprint density at radius 3 is 2.27 bits per heavy atom. The van der Waals surface area contributed by atoms with Crippen LogP contribution in [0.25, 0.3) is 0 Å². The summed E-state index contributed by atoms with van der Waals surface area (Å²) in [7, 11) is 0. The fraction of sp³-hybridized carbons (Fsp3) is 0.0909. The number of halogens is 3. The molecule has 0 aliphatic carbocycles. The van der Waals surface area contributed by atoms with Gasteiger partial charge in [0.1, 0.15) is 0 Å². The second-order valence-corrected chi connectivity index (χ2v) is 5.77. The predicted molar refractivity (Wildman–Crippen MR) is 68.5 cm³/mol. The normalized spacial score (nSPS) is 12.7. The molecule has 0 amide bonds. The van der Waals surface area contributed by atoms with Gasteiger partial charge in [-0.05, 0) is 11.6 Å². The van der Waals surface area contributed by atoms with Gasteiger partial charge in [-0.3, -0.25) is 0 Å². The molecule has 0 bridgehead atoms. The zero-order chi connectivity index (χ0) is 10.8. The average molecular weight is 278 g/mol. The van der Waals surface area contributed by atoms with Gasteiger partial charge < -0.3 is 0 Å². The molecule has 0 aliphatic rings. The Bertz CT molecular complexity index is 450. The van der Waals surface area contributed by atoms with E-state index in [4.69, 9.17) is 34.8 Å². The zero-order valence-corrected chi connectivity index (χ0v) is 10.7. The van der Waals surface area contributed by atoms with E-state index in [-0.39, 0.29) is 5.38 Å². The van der Waals surface area contributed by atoms with Crippen molar-refractivity contribution in [3.8, 4) is 0 Å². The van der Waals surface area contributed by atoms with E-state index >= 15 is 0 Å². The lowest BCUT2D eigenvalue weighted by molar-refractivity contribution is 1.16. The van der Waals surface area contributed by atoms with Gasteiger partial charge in [0.2, 0.25) is 0 Å². The lowest BCUT2D eigenvalue weighted by Gasteiger charge is -2.08. The van der Waals surface area contributed by atoms with Gasteiger partial charge in [-0.15, -0.1) is 22.9 Å². The molecule has 1 aromatic heterocycles. The Hall–Kier alpha value is -0.210. The highest BCUT2D eigenvalue weighted by Crippen LogP contribution is 2.40. The van der Waals surface area contributed by atoms with Crippen LogP contribution in [0.1, 0.15) is 16.5 Å². The van der Waals surface area contributed by atoms with Gasteiger partial charge in [-0.2, -0.15) is 0 Å². The monoisotopic (exact) mass is 276 g/mol. The molecule has 0 aliphatic heterocycles. The van der Waals surface area contributed by atoms with Crippen LogP contribution in [0.3, 0.4) is 0 Å². The molecule has 0 radical (unpaired) electrons. The first-order valence-corrected chi connectivity index (χ1v) is 6.33. The summed E-state index contributed by atoms with van der Waals surface area (Å²) < 4.78 is 1.32. The molecule has 0 N–H and O–H groups in total. The highest BCUT2D eigenvalue weighted by atomic mass is 35.5. The van der Waals surface area contributed by atoms with E-state index < -0.39 is 0 Å². The van der Waals surface area contributed by atoms with Crippen molar-refractivity contribution >= 4 is 46.1 Å². The van der Waals surface area contributed by atoms with Crippen molar-refractivity contribution in [3.63, 3.8) is 0 Å². The molecule has 1 unspecified atom stereocenters. The Labute approximate surface area is 107 Å². The molecule has 1 heterocycles. The highest BCUT2D eigenvalue weighted by molar-refractivity contribution is 7.20. The van der Waals surface area contributed by atoms with Crippen LogP contribution in [0.4, 0.5) is 0 Å². The van der Waals surface area contributed by atoms with Gasteiger partial charge in [0, 0.05) is 5.56 Å². The Morgan fingerprint density at radius 2 is 1.73 bits per heavy atom. The topological polar surface area (TPSA) is 0 Å². The van der Waals surface area contributed by atoms with Crippen LogP contribution in [0.5, 0.6) is 0 Å². The second kappa shape index (κ2) is 4.75. The summed E-state index contributed by atoms with van der Waals surface area (Å²) in [4.78, 5) is 0.